The number of halogens is 1. The van der Waals surface area contributed by atoms with Crippen LogP contribution in [0.4, 0.5) is 0 Å². The number of hydrogen-bond acceptors (Lipinski definition) is 23. The highest BCUT2D eigenvalue weighted by Crippen LogP contribution is 2.23. The molecule has 3 rings (SSSR count). The first-order valence-corrected chi connectivity index (χ1v) is 35.7. The normalized spacial score (nSPS) is 12.7. The van der Waals surface area contributed by atoms with Gasteiger partial charge in [0.15, 0.2) is 0 Å². The Labute approximate surface area is 634 Å². The van der Waals surface area contributed by atoms with Crippen LogP contribution in [-0.4, -0.2) is 291 Å². The lowest BCUT2D eigenvalue weighted by Gasteiger charge is -2.28. The van der Waals surface area contributed by atoms with E-state index in [0.717, 1.165) is 21.2 Å². The number of rotatable bonds is 57. The molecule has 0 saturated carbocycles. The van der Waals surface area contributed by atoms with Crippen molar-refractivity contribution in [2.75, 3.05) is 105 Å². The van der Waals surface area contributed by atoms with Gasteiger partial charge in [0, 0.05) is 138 Å². The van der Waals surface area contributed by atoms with Crippen molar-refractivity contribution in [2.24, 2.45) is 11.5 Å². The lowest BCUT2D eigenvalue weighted by atomic mass is 10.0. The highest BCUT2D eigenvalue weighted by atomic mass is 79.9. The van der Waals surface area contributed by atoms with Crippen molar-refractivity contribution in [3.05, 3.63) is 70.7 Å². The summed E-state index contributed by atoms with van der Waals surface area (Å²) < 4.78 is 0.582. The maximum atomic E-state index is 14.3. The lowest BCUT2D eigenvalue weighted by molar-refractivity contribution is -0.143. The zero-order chi connectivity index (χ0) is 80.8. The molecule has 1 unspecified atom stereocenters. The molecule has 0 radical (unpaired) electrons. The molecule has 2 heterocycles. The number of unbranched alkanes of at least 4 members (excludes halogenated alkanes) is 2. The van der Waals surface area contributed by atoms with Crippen LogP contribution in [0.1, 0.15) is 107 Å². The Morgan fingerprint density at radius 2 is 0.853 bits per heavy atom. The Balaban J connectivity index is 1.74. The van der Waals surface area contributed by atoms with E-state index in [1.165, 1.54) is 31.4 Å². The van der Waals surface area contributed by atoms with Crippen molar-refractivity contribution >= 4 is 117 Å². The molecular formula is C66H100BrN21O21. The third-order valence-electron chi connectivity index (χ3n) is 16.0. The molecule has 0 spiro atoms. The van der Waals surface area contributed by atoms with Gasteiger partial charge in [-0.2, -0.15) is 0 Å². The summed E-state index contributed by atoms with van der Waals surface area (Å²) in [5, 5.41) is 68.3. The quantitative estimate of drug-likeness (QED) is 0.0234. The summed E-state index contributed by atoms with van der Waals surface area (Å²) in [7, 11) is 0. The highest BCUT2D eigenvalue weighted by molar-refractivity contribution is 9.10. The fourth-order valence-corrected chi connectivity index (χ4v) is 10.7. The van der Waals surface area contributed by atoms with E-state index in [1.54, 1.807) is 36.7 Å². The van der Waals surface area contributed by atoms with Crippen molar-refractivity contribution in [1.82, 2.24) is 98.4 Å². The predicted octanol–water partition coefficient (Wildman–Crippen LogP) is -6.32. The van der Waals surface area contributed by atoms with Crippen LogP contribution in [0.25, 0.3) is 0 Å². The molecule has 13 amide bonds. The number of nitrogens with one attached hydrogen (secondary N) is 14. The topological polar surface area (TPSA) is 635 Å². The molecule has 0 saturated heterocycles. The van der Waals surface area contributed by atoms with Crippen LogP contribution in [0.15, 0.2) is 53.8 Å². The number of primary amides is 1. The Kier molecular flexibility index (Phi) is 43.3. The van der Waals surface area contributed by atoms with Crippen molar-refractivity contribution in [1.29, 1.82) is 0 Å². The van der Waals surface area contributed by atoms with Crippen molar-refractivity contribution < 1.29 is 102 Å². The SMILES string of the molecule is C[C@@H](NC(=O)[C@H](CNC(=O)CC(N)c1ccccc1Br)NC(=O)CN(CCN(CCN(CC(=O)O)CC(=O)O)CC(=O)O)CC(=O)O)C(=O)N[C@H](CCCCNC(=O)CNC(=O)CCC(=O)NCCc1cnc[nH]1)C(=O)N[C@H](C)C(=O)N[C@H](CCCCNC(=O)CNC(=O)CCC(=O)NCCc1cnc[nH]1)C(N)=O. The number of nitrogens with zero attached hydrogens (tertiary/aromatic N) is 5. The molecule has 0 bridgehead atoms. The van der Waals surface area contributed by atoms with Crippen LogP contribution in [0.5, 0.6) is 0 Å². The molecule has 22 N–H and O–H groups in total. The number of H-pyrrole nitrogens is 2. The summed E-state index contributed by atoms with van der Waals surface area (Å²) in [4.78, 5) is 234. The fraction of sp³-hybridized carbons (Fsp3) is 0.561. The number of aromatic amines is 2. The number of hydrogen-bond donors (Lipinski definition) is 20. The number of nitrogens with two attached hydrogens (primary N) is 2. The number of imidazole rings is 2. The van der Waals surface area contributed by atoms with E-state index in [2.05, 4.69) is 99.7 Å². The monoisotopic (exact) mass is 1600 g/mol. The molecule has 3 aromatic rings. The van der Waals surface area contributed by atoms with Gasteiger partial charge in [0.25, 0.3) is 0 Å². The van der Waals surface area contributed by atoms with Crippen LogP contribution in [0.3, 0.4) is 0 Å². The van der Waals surface area contributed by atoms with Crippen molar-refractivity contribution in [3.8, 4) is 0 Å². The van der Waals surface area contributed by atoms with Gasteiger partial charge in [-0.25, -0.2) is 9.97 Å². The summed E-state index contributed by atoms with van der Waals surface area (Å²) in [5.41, 5.74) is 14.1. The number of aromatic nitrogens is 4. The van der Waals surface area contributed by atoms with Crippen molar-refractivity contribution in [2.45, 2.75) is 134 Å². The average molecular weight is 1600 g/mol. The molecular weight excluding hydrogens is 1500 g/mol. The third-order valence-corrected chi connectivity index (χ3v) is 16.7. The average Bonchev–Trinajstić information content (AvgIpc) is 1.14. The van der Waals surface area contributed by atoms with Gasteiger partial charge in [0.1, 0.15) is 30.2 Å². The fourth-order valence-electron chi connectivity index (χ4n) is 10.2. The Hall–Kier alpha value is -11.0. The maximum Gasteiger partial charge on any atom is 0.317 e. The van der Waals surface area contributed by atoms with Crippen molar-refractivity contribution in [3.63, 3.8) is 0 Å². The van der Waals surface area contributed by atoms with Gasteiger partial charge in [-0.15, -0.1) is 0 Å². The number of amides is 13. The first-order valence-electron chi connectivity index (χ1n) is 34.9. The first-order chi connectivity index (χ1) is 51.8. The molecule has 6 atom stereocenters. The van der Waals surface area contributed by atoms with Crippen LogP contribution in [0.2, 0.25) is 0 Å². The molecule has 1 aromatic carbocycles. The zero-order valence-electron chi connectivity index (χ0n) is 60.6. The molecule has 42 nitrogen and oxygen atoms in total. The summed E-state index contributed by atoms with van der Waals surface area (Å²) in [6.45, 7) is -3.08. The molecule has 0 aliphatic carbocycles. The minimum absolute atomic E-state index is 0.0142. The first kappa shape index (κ1) is 92.2. The maximum absolute atomic E-state index is 14.3. The van der Waals surface area contributed by atoms with Gasteiger partial charge in [0.05, 0.1) is 58.5 Å². The number of benzene rings is 1. The molecule has 0 aliphatic heterocycles. The van der Waals surface area contributed by atoms with E-state index < -0.39 is 171 Å². The largest absolute Gasteiger partial charge is 0.480 e. The zero-order valence-corrected chi connectivity index (χ0v) is 62.2. The minimum atomic E-state index is -1.74. The van der Waals surface area contributed by atoms with Gasteiger partial charge < -0.3 is 106 Å². The Morgan fingerprint density at radius 1 is 0.450 bits per heavy atom. The van der Waals surface area contributed by atoms with Crippen LogP contribution >= 0.6 is 15.9 Å². The standard InChI is InChI=1S/C66H100BrN21O21/c1-40(63(106)84-47(62(69)105)11-5-7-19-72-55(94)31-77-52(91)15-13-50(89)74-21-17-42-28-70-38-79-42)81-65(108)48(12-6-8-20-73-56(95)32-78-53(92)16-14-51(90)75-22-18-43-29-71-39-80-43)85-64(107)41(2)82-66(109)49(30-76-54(93)27-46(68)44-9-3-4-10-45(44)67)83-57(96)33-87(35-59(99)100)25-23-86(34-58(97)98)24-26-88(36-60(101)102)37-61(103)104/h3-4,9-10,28-29,38-41,46-49H,5-8,11-27,30-37,68H2,1-2H3,(H2,69,105)(H,70,79)(H,71,80)(H,72,94)(H,73,95)(H,74,89)(H,75,90)(H,76,93)(H,77,91)(H,78,92)(H,81,108)(H,82,109)(H,83,96)(H,84,106)(H,85,107)(H,97,98)(H,99,100)(H,101,102)(H,103,104)/t40-,41-,46?,47-,48-,49+/m1/s1. The van der Waals surface area contributed by atoms with Crippen LogP contribution in [0, 0.1) is 0 Å². The number of carbonyl (C=O) groups is 17. The number of carboxylic acids is 4. The minimum Gasteiger partial charge on any atom is -0.480 e. The highest BCUT2D eigenvalue weighted by Gasteiger charge is 2.32. The van der Waals surface area contributed by atoms with Crippen LogP contribution < -0.4 is 75.3 Å². The van der Waals surface area contributed by atoms with Gasteiger partial charge >= 0.3 is 23.9 Å². The molecule has 0 aliphatic rings. The summed E-state index contributed by atoms with van der Waals surface area (Å²) in [6, 6.07) is -1.64. The second-order valence-corrected chi connectivity index (χ2v) is 26.0. The van der Waals surface area contributed by atoms with Gasteiger partial charge in [-0.05, 0) is 64.0 Å². The lowest BCUT2D eigenvalue weighted by Crippen LogP contribution is -2.59. The van der Waals surface area contributed by atoms with Gasteiger partial charge in [-0.1, -0.05) is 34.1 Å². The van der Waals surface area contributed by atoms with E-state index >= 15 is 0 Å². The smallest absolute Gasteiger partial charge is 0.317 e. The Bertz CT molecular complexity index is 3500. The summed E-state index contributed by atoms with van der Waals surface area (Å²) in [6.07, 6.45) is 6.82. The van der Waals surface area contributed by atoms with E-state index in [-0.39, 0.29) is 128 Å². The number of carboxylic acid groups (broad SMARTS) is 4. The summed E-state index contributed by atoms with van der Waals surface area (Å²) in [5.74, 6) is -15.2. The van der Waals surface area contributed by atoms with Gasteiger partial charge in [0.2, 0.25) is 76.8 Å². The van der Waals surface area contributed by atoms with E-state index in [0.29, 0.717) is 36.0 Å². The predicted molar refractivity (Wildman–Crippen MR) is 388 cm³/mol. The summed E-state index contributed by atoms with van der Waals surface area (Å²) >= 11 is 3.38. The van der Waals surface area contributed by atoms with E-state index in [4.69, 9.17) is 11.5 Å². The Morgan fingerprint density at radius 3 is 1.29 bits per heavy atom. The molecule has 109 heavy (non-hydrogen) atoms. The van der Waals surface area contributed by atoms with E-state index in [1.807, 2.05) is 0 Å². The third kappa shape index (κ3) is 41.6. The molecule has 43 heteroatoms. The van der Waals surface area contributed by atoms with Gasteiger partial charge in [-0.3, -0.25) is 96.2 Å². The second kappa shape index (κ2) is 51.3. The molecule has 0 fully saturated rings. The molecule has 602 valence electrons. The van der Waals surface area contributed by atoms with E-state index in [9.17, 15) is 102 Å². The molecule has 2 aromatic heterocycles. The number of carbonyl (C=O) groups excluding carboxylic acids is 13. The van der Waals surface area contributed by atoms with Crippen LogP contribution in [-0.2, 0) is 94.3 Å². The number of aliphatic carboxylic acids is 4. The second-order valence-electron chi connectivity index (χ2n) is 25.1.